The van der Waals surface area contributed by atoms with Crippen molar-refractivity contribution >= 4 is 0 Å². The van der Waals surface area contributed by atoms with E-state index in [-0.39, 0.29) is 0 Å². The number of alkyl halides is 14. The zero-order chi connectivity index (χ0) is 26.5. The Balaban J connectivity index is 2.01. The summed E-state index contributed by atoms with van der Waals surface area (Å²) in [5.74, 6) is -9.94. The molecule has 0 amide bonds. The van der Waals surface area contributed by atoms with E-state index in [9.17, 15) is 61.5 Å². The zero-order valence-corrected chi connectivity index (χ0v) is 14.8. The fourth-order valence-corrected chi connectivity index (χ4v) is 1.99. The first-order valence-corrected chi connectivity index (χ1v) is 7.35. The highest BCUT2D eigenvalue weighted by Crippen LogP contribution is 2.52. The standard InChI is InChI=1S/C10H4F14O10/c11-4(12)3(28-7(15,16)17,29-9(21,22)30-4)1-26-34-27-2-25-6(32-8(18,19)20)5(13,14)31-10(23,24)33-6/h1-2H2. The minimum absolute atomic E-state index is 2.23. The van der Waals surface area contributed by atoms with E-state index in [1.54, 1.807) is 0 Å². The Morgan fingerprint density at radius 1 is 0.588 bits per heavy atom. The van der Waals surface area contributed by atoms with E-state index in [1.165, 1.54) is 0 Å². The van der Waals surface area contributed by atoms with Crippen molar-refractivity contribution in [1.29, 1.82) is 0 Å². The highest BCUT2D eigenvalue weighted by molar-refractivity contribution is 4.86. The lowest BCUT2D eigenvalue weighted by Gasteiger charge is -2.30. The summed E-state index contributed by atoms with van der Waals surface area (Å²) in [7, 11) is 0. The van der Waals surface area contributed by atoms with Crippen molar-refractivity contribution in [2.75, 3.05) is 13.4 Å². The predicted octanol–water partition coefficient (Wildman–Crippen LogP) is 3.64. The molecule has 2 saturated heterocycles. The molecule has 0 aromatic rings. The smallest absolute Gasteiger partial charge is 0.290 e. The Hall–Kier alpha value is -1.38. The maximum absolute atomic E-state index is 13.5. The lowest BCUT2D eigenvalue weighted by molar-refractivity contribution is -0.585. The summed E-state index contributed by atoms with van der Waals surface area (Å²) in [6, 6.07) is 0. The summed E-state index contributed by atoms with van der Waals surface area (Å²) < 4.78 is 199. The number of rotatable bonds is 9. The van der Waals surface area contributed by atoms with Crippen LogP contribution in [0.25, 0.3) is 0 Å². The van der Waals surface area contributed by atoms with Crippen LogP contribution in [0.1, 0.15) is 0 Å². The molecule has 10 nitrogen and oxygen atoms in total. The fourth-order valence-electron chi connectivity index (χ4n) is 1.99. The van der Waals surface area contributed by atoms with Crippen molar-refractivity contribution in [2.45, 2.75) is 49.3 Å². The van der Waals surface area contributed by atoms with Crippen molar-refractivity contribution in [3.05, 3.63) is 0 Å². The SMILES string of the molecule is FC(F)(F)OC1(COOOCOC2(OC(F)(F)F)OC(F)(F)OC2(F)F)OC(F)(F)OC1(F)F. The molecule has 0 saturated carbocycles. The van der Waals surface area contributed by atoms with Gasteiger partial charge in [0.2, 0.25) is 0 Å². The first-order chi connectivity index (χ1) is 14.9. The topological polar surface area (TPSA) is 92.3 Å². The average Bonchev–Trinajstić information content (AvgIpc) is 2.80. The number of hydrogen-bond acceptors (Lipinski definition) is 10. The third kappa shape index (κ3) is 6.64. The molecule has 0 spiro atoms. The summed E-state index contributed by atoms with van der Waals surface area (Å²) in [5.41, 5.74) is 0. The second-order valence-electron chi connectivity index (χ2n) is 5.48. The monoisotopic (exact) mass is 550 g/mol. The first-order valence-electron chi connectivity index (χ1n) is 7.35. The van der Waals surface area contributed by atoms with Gasteiger partial charge in [-0.2, -0.15) is 27.3 Å². The normalized spacial score (nSPS) is 32.3. The molecule has 202 valence electrons. The van der Waals surface area contributed by atoms with Gasteiger partial charge >= 0.3 is 49.3 Å². The van der Waals surface area contributed by atoms with Gasteiger partial charge in [-0.15, -0.1) is 43.9 Å². The van der Waals surface area contributed by atoms with E-state index in [2.05, 4.69) is 48.0 Å². The van der Waals surface area contributed by atoms with Crippen LogP contribution in [0.3, 0.4) is 0 Å². The van der Waals surface area contributed by atoms with Crippen LogP contribution in [0, 0.1) is 0 Å². The average molecular weight is 550 g/mol. The van der Waals surface area contributed by atoms with Crippen LogP contribution < -0.4 is 0 Å². The summed E-state index contributed by atoms with van der Waals surface area (Å²) in [6.45, 7) is -4.75. The molecular formula is C10H4F14O10. The fraction of sp³-hybridized carbons (Fsp3) is 1.00. The predicted molar refractivity (Wildman–Crippen MR) is 57.9 cm³/mol. The van der Waals surface area contributed by atoms with Crippen LogP contribution in [-0.4, -0.2) is 62.7 Å². The number of halogens is 14. The molecular weight excluding hydrogens is 546 g/mol. The maximum atomic E-state index is 13.5. The minimum atomic E-state index is -6.16. The maximum Gasteiger partial charge on any atom is 0.527 e. The van der Waals surface area contributed by atoms with Crippen LogP contribution in [0.15, 0.2) is 0 Å². The van der Waals surface area contributed by atoms with E-state index in [4.69, 9.17) is 0 Å². The Bertz CT molecular complexity index is 667. The third-order valence-electron chi connectivity index (χ3n) is 3.00. The lowest BCUT2D eigenvalue weighted by atomic mass is 10.3. The molecule has 2 atom stereocenters. The molecule has 0 bridgehead atoms. The molecule has 34 heavy (non-hydrogen) atoms. The van der Waals surface area contributed by atoms with Crippen molar-refractivity contribution in [1.82, 2.24) is 0 Å². The van der Waals surface area contributed by atoms with Crippen LogP contribution in [0.4, 0.5) is 61.5 Å². The van der Waals surface area contributed by atoms with Crippen molar-refractivity contribution < 1.29 is 109 Å². The van der Waals surface area contributed by atoms with Crippen molar-refractivity contribution in [2.24, 2.45) is 0 Å². The molecule has 2 aliphatic rings. The van der Waals surface area contributed by atoms with Crippen molar-refractivity contribution in [3.8, 4) is 0 Å². The Labute approximate surface area is 173 Å². The molecule has 2 unspecified atom stereocenters. The molecule has 0 radical (unpaired) electrons. The summed E-state index contributed by atoms with van der Waals surface area (Å²) in [4.78, 5) is 6.95. The van der Waals surface area contributed by atoms with E-state index >= 15 is 0 Å². The lowest BCUT2D eigenvalue weighted by Crippen LogP contribution is -2.54. The zero-order valence-electron chi connectivity index (χ0n) is 14.8. The Morgan fingerprint density at radius 2 is 1.09 bits per heavy atom. The second kappa shape index (κ2) is 8.63. The summed E-state index contributed by atoms with van der Waals surface area (Å²) in [6.07, 6.45) is -34.4. The quantitative estimate of drug-likeness (QED) is 0.139. The molecule has 2 rings (SSSR count). The van der Waals surface area contributed by atoms with Gasteiger partial charge in [0, 0.05) is 0 Å². The molecule has 2 fully saturated rings. The highest BCUT2D eigenvalue weighted by atomic mass is 19.4. The Morgan fingerprint density at radius 3 is 1.50 bits per heavy atom. The second-order valence-corrected chi connectivity index (χ2v) is 5.48. The van der Waals surface area contributed by atoms with Gasteiger partial charge in [0.1, 0.15) is 6.61 Å². The molecule has 24 heteroatoms. The van der Waals surface area contributed by atoms with Gasteiger partial charge in [-0.05, 0) is 0 Å². The van der Waals surface area contributed by atoms with Gasteiger partial charge in [-0.1, -0.05) is 5.04 Å². The highest BCUT2D eigenvalue weighted by Gasteiger charge is 2.78. The van der Waals surface area contributed by atoms with E-state index in [0.29, 0.717) is 0 Å². The molecule has 2 heterocycles. The number of ether oxygens (including phenoxy) is 7. The first kappa shape index (κ1) is 28.9. The Kier molecular flexibility index (Phi) is 7.32. The largest absolute Gasteiger partial charge is 0.527 e. The third-order valence-corrected chi connectivity index (χ3v) is 3.00. The van der Waals surface area contributed by atoms with Gasteiger partial charge in [0.25, 0.3) is 0 Å². The van der Waals surface area contributed by atoms with E-state index in [0.717, 1.165) is 0 Å². The van der Waals surface area contributed by atoms with Crippen molar-refractivity contribution in [3.63, 3.8) is 0 Å². The minimum Gasteiger partial charge on any atom is -0.290 e. The van der Waals surface area contributed by atoms with Gasteiger partial charge in [0.05, 0.1) is 0 Å². The van der Waals surface area contributed by atoms with Crippen LogP contribution in [0.2, 0.25) is 0 Å². The van der Waals surface area contributed by atoms with Gasteiger partial charge in [-0.25, -0.2) is 23.7 Å². The van der Waals surface area contributed by atoms with Gasteiger partial charge < -0.3 is 0 Å². The molecule has 0 aliphatic carbocycles. The van der Waals surface area contributed by atoms with E-state index < -0.39 is 62.7 Å². The summed E-state index contributed by atoms with van der Waals surface area (Å²) >= 11 is 0. The molecule has 0 aromatic carbocycles. The molecule has 0 aromatic heterocycles. The summed E-state index contributed by atoms with van der Waals surface area (Å²) in [5, 5.41) is 3.30. The molecule has 2 aliphatic heterocycles. The van der Waals surface area contributed by atoms with Gasteiger partial charge in [-0.3, -0.25) is 9.47 Å². The van der Waals surface area contributed by atoms with Crippen LogP contribution in [-0.2, 0) is 48.0 Å². The van der Waals surface area contributed by atoms with E-state index in [1.807, 2.05) is 0 Å². The van der Waals surface area contributed by atoms with Crippen LogP contribution >= 0.6 is 0 Å². The van der Waals surface area contributed by atoms with Crippen LogP contribution in [0.5, 0.6) is 0 Å². The number of hydrogen-bond donors (Lipinski definition) is 0. The molecule has 0 N–H and O–H groups in total. The van der Waals surface area contributed by atoms with Gasteiger partial charge in [0.15, 0.2) is 6.79 Å².